The summed E-state index contributed by atoms with van der Waals surface area (Å²) in [5, 5.41) is 0. The highest BCUT2D eigenvalue weighted by Gasteiger charge is 2.09. The van der Waals surface area contributed by atoms with E-state index in [0.717, 1.165) is 5.56 Å². The van der Waals surface area contributed by atoms with Crippen molar-refractivity contribution >= 4 is 5.97 Å². The molecule has 1 aromatic rings. The van der Waals surface area contributed by atoms with Crippen molar-refractivity contribution < 1.29 is 13.9 Å². The topological polar surface area (TPSA) is 52.3 Å². The van der Waals surface area contributed by atoms with Crippen molar-refractivity contribution in [3.8, 4) is 0 Å². The zero-order valence-corrected chi connectivity index (χ0v) is 8.57. The van der Waals surface area contributed by atoms with Gasteiger partial charge in [-0.3, -0.25) is 4.39 Å². The SMILES string of the molecule is COC(=O)c1cccc([C@H](N)CCF)c1. The van der Waals surface area contributed by atoms with E-state index in [1.807, 2.05) is 0 Å². The summed E-state index contributed by atoms with van der Waals surface area (Å²) in [6, 6.07) is 6.37. The first-order valence-electron chi connectivity index (χ1n) is 4.69. The summed E-state index contributed by atoms with van der Waals surface area (Å²) in [5.74, 6) is -0.413. The average Bonchev–Trinajstić information content (AvgIpc) is 2.28. The third-order valence-corrected chi connectivity index (χ3v) is 2.16. The number of carbonyl (C=O) groups excluding carboxylic acids is 1. The molecule has 1 aromatic carbocycles. The van der Waals surface area contributed by atoms with Crippen LogP contribution >= 0.6 is 0 Å². The summed E-state index contributed by atoms with van der Waals surface area (Å²) >= 11 is 0. The van der Waals surface area contributed by atoms with E-state index in [0.29, 0.717) is 5.56 Å². The Labute approximate surface area is 88.0 Å². The number of benzene rings is 1. The standard InChI is InChI=1S/C11H14FNO2/c1-15-11(14)9-4-2-3-8(7-9)10(13)5-6-12/h2-4,7,10H,5-6,13H2,1H3/t10-/m1/s1. The third-order valence-electron chi connectivity index (χ3n) is 2.16. The van der Waals surface area contributed by atoms with E-state index in [-0.39, 0.29) is 12.5 Å². The lowest BCUT2D eigenvalue weighted by atomic mass is 10.0. The molecule has 1 atom stereocenters. The second kappa shape index (κ2) is 5.46. The second-order valence-corrected chi connectivity index (χ2v) is 3.20. The van der Waals surface area contributed by atoms with Gasteiger partial charge in [-0.15, -0.1) is 0 Å². The lowest BCUT2D eigenvalue weighted by Crippen LogP contribution is -2.12. The lowest BCUT2D eigenvalue weighted by Gasteiger charge is -2.10. The maximum Gasteiger partial charge on any atom is 0.337 e. The number of alkyl halides is 1. The van der Waals surface area contributed by atoms with Gasteiger partial charge in [0.05, 0.1) is 19.3 Å². The highest BCUT2D eigenvalue weighted by Crippen LogP contribution is 2.16. The summed E-state index contributed by atoms with van der Waals surface area (Å²) in [4.78, 5) is 11.2. The minimum absolute atomic E-state index is 0.255. The summed E-state index contributed by atoms with van der Waals surface area (Å²) in [6.07, 6.45) is 0.255. The molecule has 0 aliphatic heterocycles. The molecule has 0 spiro atoms. The van der Waals surface area contributed by atoms with Crippen LogP contribution in [0.15, 0.2) is 24.3 Å². The number of methoxy groups -OCH3 is 1. The van der Waals surface area contributed by atoms with Gasteiger partial charge in [0.15, 0.2) is 0 Å². The number of nitrogens with two attached hydrogens (primary N) is 1. The van der Waals surface area contributed by atoms with Crippen LogP contribution in [0.4, 0.5) is 4.39 Å². The molecular formula is C11H14FNO2. The molecule has 0 unspecified atom stereocenters. The third kappa shape index (κ3) is 3.02. The number of ether oxygens (including phenoxy) is 1. The van der Waals surface area contributed by atoms with Gasteiger partial charge in [-0.05, 0) is 24.1 Å². The quantitative estimate of drug-likeness (QED) is 0.773. The van der Waals surface area contributed by atoms with E-state index in [9.17, 15) is 9.18 Å². The van der Waals surface area contributed by atoms with Gasteiger partial charge in [0.1, 0.15) is 0 Å². The zero-order valence-electron chi connectivity index (χ0n) is 8.57. The molecule has 0 saturated carbocycles. The Morgan fingerprint density at radius 3 is 2.93 bits per heavy atom. The Hall–Kier alpha value is -1.42. The van der Waals surface area contributed by atoms with E-state index >= 15 is 0 Å². The fourth-order valence-electron chi connectivity index (χ4n) is 1.30. The predicted octanol–water partition coefficient (Wildman–Crippen LogP) is 1.83. The van der Waals surface area contributed by atoms with E-state index in [4.69, 9.17) is 5.73 Å². The summed E-state index contributed by atoms with van der Waals surface area (Å²) in [5.41, 5.74) is 6.90. The maximum absolute atomic E-state index is 12.1. The molecule has 1 rings (SSSR count). The van der Waals surface area contributed by atoms with Crippen LogP contribution in [0.5, 0.6) is 0 Å². The number of esters is 1. The number of hydrogen-bond acceptors (Lipinski definition) is 3. The van der Waals surface area contributed by atoms with Gasteiger partial charge in [0, 0.05) is 6.04 Å². The molecule has 3 nitrogen and oxygen atoms in total. The van der Waals surface area contributed by atoms with Crippen molar-refractivity contribution in [2.24, 2.45) is 5.73 Å². The van der Waals surface area contributed by atoms with Crippen LogP contribution in [0.3, 0.4) is 0 Å². The molecule has 0 amide bonds. The molecule has 0 fully saturated rings. The number of halogens is 1. The van der Waals surface area contributed by atoms with Crippen molar-refractivity contribution in [2.45, 2.75) is 12.5 Å². The lowest BCUT2D eigenvalue weighted by molar-refractivity contribution is 0.0600. The van der Waals surface area contributed by atoms with Crippen LogP contribution in [0, 0.1) is 0 Å². The van der Waals surface area contributed by atoms with E-state index < -0.39 is 12.6 Å². The normalized spacial score (nSPS) is 12.2. The highest BCUT2D eigenvalue weighted by atomic mass is 19.1. The zero-order chi connectivity index (χ0) is 11.3. The van der Waals surface area contributed by atoms with Crippen LogP contribution in [-0.2, 0) is 4.74 Å². The van der Waals surface area contributed by atoms with Crippen molar-refractivity contribution in [3.05, 3.63) is 35.4 Å². The molecule has 0 saturated heterocycles. The van der Waals surface area contributed by atoms with Crippen LogP contribution < -0.4 is 5.73 Å². The van der Waals surface area contributed by atoms with Crippen LogP contribution in [0.2, 0.25) is 0 Å². The molecule has 4 heteroatoms. The first kappa shape index (κ1) is 11.7. The Bertz CT molecular complexity index is 341. The molecule has 82 valence electrons. The first-order chi connectivity index (χ1) is 7.19. The van der Waals surface area contributed by atoms with Crippen molar-refractivity contribution in [3.63, 3.8) is 0 Å². The Balaban J connectivity index is 2.87. The maximum atomic E-state index is 12.1. The number of hydrogen-bond donors (Lipinski definition) is 1. The summed E-state index contributed by atoms with van der Waals surface area (Å²) < 4.78 is 16.7. The molecule has 0 aromatic heterocycles. The highest BCUT2D eigenvalue weighted by molar-refractivity contribution is 5.89. The van der Waals surface area contributed by atoms with Gasteiger partial charge >= 0.3 is 5.97 Å². The van der Waals surface area contributed by atoms with E-state index in [2.05, 4.69) is 4.74 Å². The molecule has 0 aliphatic carbocycles. The molecule has 0 aliphatic rings. The average molecular weight is 211 g/mol. The van der Waals surface area contributed by atoms with E-state index in [1.54, 1.807) is 24.3 Å². The van der Waals surface area contributed by atoms with Crippen molar-refractivity contribution in [2.75, 3.05) is 13.8 Å². The Morgan fingerprint density at radius 1 is 1.60 bits per heavy atom. The Morgan fingerprint density at radius 2 is 2.33 bits per heavy atom. The fourth-order valence-corrected chi connectivity index (χ4v) is 1.30. The van der Waals surface area contributed by atoms with Crippen LogP contribution in [-0.4, -0.2) is 19.8 Å². The van der Waals surface area contributed by atoms with Crippen LogP contribution in [0.1, 0.15) is 28.4 Å². The molecule has 15 heavy (non-hydrogen) atoms. The molecule has 2 N–H and O–H groups in total. The van der Waals surface area contributed by atoms with E-state index in [1.165, 1.54) is 7.11 Å². The largest absolute Gasteiger partial charge is 0.465 e. The summed E-state index contributed by atoms with van der Waals surface area (Å²) in [6.45, 7) is -0.469. The van der Waals surface area contributed by atoms with Crippen LogP contribution in [0.25, 0.3) is 0 Å². The van der Waals surface area contributed by atoms with Gasteiger partial charge in [0.2, 0.25) is 0 Å². The van der Waals surface area contributed by atoms with Crippen molar-refractivity contribution in [1.29, 1.82) is 0 Å². The monoisotopic (exact) mass is 211 g/mol. The molecule has 0 heterocycles. The number of carbonyl (C=O) groups is 1. The minimum atomic E-state index is -0.469. The van der Waals surface area contributed by atoms with Crippen molar-refractivity contribution in [1.82, 2.24) is 0 Å². The minimum Gasteiger partial charge on any atom is -0.465 e. The van der Waals surface area contributed by atoms with Gasteiger partial charge in [-0.1, -0.05) is 12.1 Å². The predicted molar refractivity (Wildman–Crippen MR) is 55.3 cm³/mol. The van der Waals surface area contributed by atoms with Gasteiger partial charge in [-0.2, -0.15) is 0 Å². The first-order valence-corrected chi connectivity index (χ1v) is 4.69. The van der Waals surface area contributed by atoms with Gasteiger partial charge < -0.3 is 10.5 Å². The molecule has 0 bridgehead atoms. The fraction of sp³-hybridized carbons (Fsp3) is 0.364. The molecular weight excluding hydrogens is 197 g/mol. The smallest absolute Gasteiger partial charge is 0.337 e. The summed E-state index contributed by atoms with van der Waals surface area (Å²) in [7, 11) is 1.32. The number of rotatable bonds is 4. The molecule has 0 radical (unpaired) electrons. The Kier molecular flexibility index (Phi) is 4.24. The second-order valence-electron chi connectivity index (χ2n) is 3.20. The van der Waals surface area contributed by atoms with Gasteiger partial charge in [-0.25, -0.2) is 4.79 Å². The van der Waals surface area contributed by atoms with Gasteiger partial charge in [0.25, 0.3) is 0 Å².